The number of halogens is 3. The smallest absolute Gasteiger partial charge is 0.382 e. The number of carbonyl (C=O) groups is 1. The van der Waals surface area contributed by atoms with Gasteiger partial charge < -0.3 is 11.1 Å². The molecule has 1 aliphatic rings. The second kappa shape index (κ2) is 7.06. The van der Waals surface area contributed by atoms with E-state index >= 15 is 0 Å². The highest BCUT2D eigenvalue weighted by molar-refractivity contribution is 5.94. The molecule has 2 aromatic heterocycles. The molecule has 3 aromatic rings. The van der Waals surface area contributed by atoms with Gasteiger partial charge in [0.1, 0.15) is 0 Å². The van der Waals surface area contributed by atoms with E-state index in [2.05, 4.69) is 15.4 Å². The molecule has 29 heavy (non-hydrogen) atoms. The number of nitrogens with one attached hydrogen (secondary N) is 1. The van der Waals surface area contributed by atoms with Crippen LogP contribution in [0.25, 0.3) is 16.9 Å². The Morgan fingerprint density at radius 2 is 2.07 bits per heavy atom. The summed E-state index contributed by atoms with van der Waals surface area (Å²) in [6.07, 6.45) is -1.50. The molecule has 0 unspecified atom stereocenters. The largest absolute Gasteiger partial charge is 0.390 e. The fourth-order valence-electron chi connectivity index (χ4n) is 3.33. The van der Waals surface area contributed by atoms with Crippen LogP contribution in [0, 0.1) is 6.92 Å². The first kappa shape index (κ1) is 19.2. The first-order valence-corrected chi connectivity index (χ1v) is 9.33. The van der Waals surface area contributed by atoms with E-state index in [0.29, 0.717) is 28.5 Å². The normalized spacial score (nSPS) is 14.3. The third-order valence-electron chi connectivity index (χ3n) is 4.99. The third-order valence-corrected chi connectivity index (χ3v) is 4.99. The van der Waals surface area contributed by atoms with Crippen molar-refractivity contribution in [3.05, 3.63) is 47.3 Å². The number of aryl methyl sites for hydroxylation is 1. The molecule has 0 radical (unpaired) electrons. The number of hydrogen-bond donors (Lipinski definition) is 2. The van der Waals surface area contributed by atoms with Crippen LogP contribution in [0.1, 0.15) is 46.8 Å². The maximum Gasteiger partial charge on any atom is 0.390 e. The van der Waals surface area contributed by atoms with E-state index in [1.807, 2.05) is 6.07 Å². The molecule has 6 nitrogen and oxygen atoms in total. The van der Waals surface area contributed by atoms with Crippen LogP contribution in [-0.2, 0) is 0 Å². The lowest BCUT2D eigenvalue weighted by atomic mass is 10.0. The van der Waals surface area contributed by atoms with Gasteiger partial charge in [0.15, 0.2) is 5.65 Å². The van der Waals surface area contributed by atoms with Crippen LogP contribution in [0.15, 0.2) is 30.5 Å². The lowest BCUT2D eigenvalue weighted by Gasteiger charge is -2.12. The molecule has 1 fully saturated rings. The van der Waals surface area contributed by atoms with Gasteiger partial charge in [-0.1, -0.05) is 6.07 Å². The number of primary amides is 1. The number of hydrogen-bond acceptors (Lipinski definition) is 4. The number of rotatable bonds is 6. The van der Waals surface area contributed by atoms with Crippen molar-refractivity contribution >= 4 is 17.2 Å². The van der Waals surface area contributed by atoms with Crippen LogP contribution in [0.5, 0.6) is 0 Å². The van der Waals surface area contributed by atoms with Gasteiger partial charge in [-0.15, -0.1) is 0 Å². The van der Waals surface area contributed by atoms with Crippen molar-refractivity contribution in [3.8, 4) is 11.3 Å². The highest BCUT2D eigenvalue weighted by Crippen LogP contribution is 2.40. The fraction of sp³-hybridized carbons (Fsp3) is 0.350. The number of fused-ring (bicyclic) bond motifs is 1. The van der Waals surface area contributed by atoms with E-state index in [4.69, 9.17) is 5.73 Å². The van der Waals surface area contributed by atoms with Gasteiger partial charge in [0.2, 0.25) is 5.91 Å². The number of anilines is 1. The molecule has 2 heterocycles. The Bertz CT molecular complexity index is 1090. The Morgan fingerprint density at radius 3 is 2.69 bits per heavy atom. The molecular weight excluding hydrogens is 383 g/mol. The minimum absolute atomic E-state index is 0.234. The van der Waals surface area contributed by atoms with Crippen molar-refractivity contribution in [2.45, 2.75) is 38.3 Å². The van der Waals surface area contributed by atoms with Crippen LogP contribution in [-0.4, -0.2) is 33.2 Å². The maximum atomic E-state index is 12.5. The highest BCUT2D eigenvalue weighted by atomic mass is 19.4. The van der Waals surface area contributed by atoms with E-state index in [0.717, 1.165) is 29.7 Å². The van der Waals surface area contributed by atoms with Gasteiger partial charge in [-0.25, -0.2) is 9.50 Å². The average Bonchev–Trinajstić information content (AvgIpc) is 3.39. The number of nitrogens with two attached hydrogens (primary N) is 1. The Labute approximate surface area is 164 Å². The summed E-state index contributed by atoms with van der Waals surface area (Å²) in [6, 6.07) is 7.03. The van der Waals surface area contributed by atoms with Crippen LogP contribution in [0.2, 0.25) is 0 Å². The Kier molecular flexibility index (Phi) is 4.68. The van der Waals surface area contributed by atoms with Crippen LogP contribution < -0.4 is 11.1 Å². The Hall–Kier alpha value is -3.10. The van der Waals surface area contributed by atoms with Gasteiger partial charge >= 0.3 is 6.18 Å². The first-order chi connectivity index (χ1) is 13.7. The van der Waals surface area contributed by atoms with E-state index in [-0.39, 0.29) is 6.54 Å². The van der Waals surface area contributed by atoms with Gasteiger partial charge in [0, 0.05) is 23.6 Å². The van der Waals surface area contributed by atoms with E-state index in [1.165, 1.54) is 0 Å². The lowest BCUT2D eigenvalue weighted by molar-refractivity contribution is -0.131. The minimum Gasteiger partial charge on any atom is -0.382 e. The number of nitrogens with zero attached hydrogens (tertiary/aromatic N) is 3. The van der Waals surface area contributed by atoms with Gasteiger partial charge in [-0.2, -0.15) is 18.3 Å². The number of amides is 1. The fourth-order valence-corrected chi connectivity index (χ4v) is 3.33. The molecule has 1 saturated carbocycles. The first-order valence-electron chi connectivity index (χ1n) is 9.33. The molecule has 1 aromatic carbocycles. The lowest BCUT2D eigenvalue weighted by Crippen LogP contribution is -2.15. The number of aromatic nitrogens is 3. The van der Waals surface area contributed by atoms with Crippen molar-refractivity contribution in [2.75, 3.05) is 11.9 Å². The monoisotopic (exact) mass is 403 g/mol. The number of carbonyl (C=O) groups excluding carboxylic acids is 1. The van der Waals surface area contributed by atoms with E-state index in [9.17, 15) is 18.0 Å². The van der Waals surface area contributed by atoms with Gasteiger partial charge in [-0.3, -0.25) is 4.79 Å². The van der Waals surface area contributed by atoms with Crippen molar-refractivity contribution in [1.82, 2.24) is 14.6 Å². The molecule has 1 aliphatic carbocycles. The zero-order valence-corrected chi connectivity index (χ0v) is 15.8. The molecule has 152 valence electrons. The third kappa shape index (κ3) is 4.03. The number of imidazole rings is 1. The van der Waals surface area contributed by atoms with E-state index in [1.54, 1.807) is 35.8 Å². The second-order valence-corrected chi connectivity index (χ2v) is 7.32. The van der Waals surface area contributed by atoms with Crippen molar-refractivity contribution in [1.29, 1.82) is 0 Å². The van der Waals surface area contributed by atoms with Crippen LogP contribution >= 0.6 is 0 Å². The topological polar surface area (TPSA) is 85.3 Å². The van der Waals surface area contributed by atoms with Gasteiger partial charge in [-0.05, 0) is 43.5 Å². The van der Waals surface area contributed by atoms with Gasteiger partial charge in [0.25, 0.3) is 0 Å². The minimum atomic E-state index is -4.23. The molecule has 1 amide bonds. The molecular formula is C20H20F3N5O. The summed E-state index contributed by atoms with van der Waals surface area (Å²) in [5, 5.41) is 7.54. The second-order valence-electron chi connectivity index (χ2n) is 7.32. The maximum absolute atomic E-state index is 12.5. The average molecular weight is 403 g/mol. The van der Waals surface area contributed by atoms with Crippen molar-refractivity contribution in [2.24, 2.45) is 5.73 Å². The Morgan fingerprint density at radius 1 is 1.31 bits per heavy atom. The summed E-state index contributed by atoms with van der Waals surface area (Å²) < 4.78 is 39.3. The molecule has 3 N–H and O–H groups in total. The van der Waals surface area contributed by atoms with E-state index < -0.39 is 18.5 Å². The number of alkyl halides is 3. The summed E-state index contributed by atoms with van der Waals surface area (Å²) in [5.41, 5.74) is 9.85. The Balaban J connectivity index is 1.75. The summed E-state index contributed by atoms with van der Waals surface area (Å²) in [5.74, 6) is -0.186. The molecule has 0 atom stereocenters. The quantitative estimate of drug-likeness (QED) is 0.650. The van der Waals surface area contributed by atoms with Gasteiger partial charge in [0.05, 0.1) is 29.7 Å². The summed E-state index contributed by atoms with van der Waals surface area (Å²) in [6.45, 7) is 1.56. The predicted molar refractivity (Wildman–Crippen MR) is 103 cm³/mol. The zero-order chi connectivity index (χ0) is 20.8. The predicted octanol–water partition coefficient (Wildman–Crippen LogP) is 4.05. The van der Waals surface area contributed by atoms with Crippen molar-refractivity contribution in [3.63, 3.8) is 0 Å². The van der Waals surface area contributed by atoms with Crippen molar-refractivity contribution < 1.29 is 18.0 Å². The SMILES string of the molecule is Cc1cc(-c2cnc3c(NCCC(F)(F)F)cc(C4CC4)nn23)ccc1C(N)=O. The number of benzene rings is 1. The molecule has 0 bridgehead atoms. The highest BCUT2D eigenvalue weighted by Gasteiger charge is 2.28. The molecule has 0 saturated heterocycles. The zero-order valence-electron chi connectivity index (χ0n) is 15.8. The van der Waals surface area contributed by atoms with Crippen LogP contribution in [0.4, 0.5) is 18.9 Å². The molecule has 4 rings (SSSR count). The molecule has 9 heteroatoms. The summed E-state index contributed by atoms with van der Waals surface area (Å²) in [7, 11) is 0. The summed E-state index contributed by atoms with van der Waals surface area (Å²) in [4.78, 5) is 15.9. The van der Waals surface area contributed by atoms with Crippen LogP contribution in [0.3, 0.4) is 0 Å². The standard InChI is InChI=1S/C20H20F3N5O/c1-11-8-13(4-5-14(11)18(24)29)17-10-26-19-16(25-7-6-20(21,22)23)9-15(12-2-3-12)27-28(17)19/h4-5,8-10,12,25H,2-3,6-7H2,1H3,(H2,24,29). The molecule has 0 spiro atoms. The summed E-state index contributed by atoms with van der Waals surface area (Å²) >= 11 is 0. The molecule has 0 aliphatic heterocycles.